The molecule has 102 valence electrons. The van der Waals surface area contributed by atoms with Gasteiger partial charge in [-0.1, -0.05) is 13.8 Å². The number of rotatable bonds is 4. The number of aryl methyl sites for hydroxylation is 2. The summed E-state index contributed by atoms with van der Waals surface area (Å²) in [6, 6.07) is 0. The van der Waals surface area contributed by atoms with E-state index in [4.69, 9.17) is 4.74 Å². The highest BCUT2D eigenvalue weighted by molar-refractivity contribution is 9.10. The third kappa shape index (κ3) is 2.95. The summed E-state index contributed by atoms with van der Waals surface area (Å²) in [7, 11) is 2.02. The van der Waals surface area contributed by atoms with Gasteiger partial charge in [-0.3, -0.25) is 9.58 Å². The molecule has 1 atom stereocenters. The van der Waals surface area contributed by atoms with Crippen molar-refractivity contribution in [2.75, 3.05) is 19.7 Å². The zero-order chi connectivity index (χ0) is 13.1. The second kappa shape index (κ2) is 6.17. The van der Waals surface area contributed by atoms with Gasteiger partial charge in [0.05, 0.1) is 28.6 Å². The van der Waals surface area contributed by atoms with Crippen LogP contribution in [0, 0.1) is 0 Å². The van der Waals surface area contributed by atoms with E-state index in [9.17, 15) is 0 Å². The van der Waals surface area contributed by atoms with E-state index in [1.807, 2.05) is 11.7 Å². The molecule has 2 rings (SSSR count). The van der Waals surface area contributed by atoms with E-state index >= 15 is 0 Å². The summed E-state index contributed by atoms with van der Waals surface area (Å²) >= 11 is 3.68. The van der Waals surface area contributed by atoms with Gasteiger partial charge in [-0.2, -0.15) is 5.10 Å². The highest BCUT2D eigenvalue weighted by Gasteiger charge is 2.22. The lowest BCUT2D eigenvalue weighted by Gasteiger charge is -2.32. The summed E-state index contributed by atoms with van der Waals surface area (Å²) in [5.74, 6) is 0. The lowest BCUT2D eigenvalue weighted by Crippen LogP contribution is -2.41. The lowest BCUT2D eigenvalue weighted by atomic mass is 10.2. The zero-order valence-electron chi connectivity index (χ0n) is 11.4. The van der Waals surface area contributed by atoms with Crippen LogP contribution in [0.25, 0.3) is 0 Å². The first-order valence-electron chi connectivity index (χ1n) is 6.69. The third-order valence-electron chi connectivity index (χ3n) is 3.55. The Balaban J connectivity index is 2.07. The summed E-state index contributed by atoms with van der Waals surface area (Å²) in [5.41, 5.74) is 2.41. The molecule has 1 fully saturated rings. The smallest absolute Gasteiger partial charge is 0.0767 e. The van der Waals surface area contributed by atoms with Gasteiger partial charge in [-0.05, 0) is 28.8 Å². The second-order valence-electron chi connectivity index (χ2n) is 4.82. The topological polar surface area (TPSA) is 30.3 Å². The van der Waals surface area contributed by atoms with Crippen LogP contribution in [0.2, 0.25) is 0 Å². The van der Waals surface area contributed by atoms with E-state index < -0.39 is 0 Å². The van der Waals surface area contributed by atoms with E-state index in [-0.39, 0.29) is 0 Å². The van der Waals surface area contributed by atoms with Gasteiger partial charge in [0.25, 0.3) is 0 Å². The molecular weight excluding hydrogens is 294 g/mol. The van der Waals surface area contributed by atoms with Crippen LogP contribution >= 0.6 is 15.9 Å². The van der Waals surface area contributed by atoms with Gasteiger partial charge in [0.15, 0.2) is 0 Å². The van der Waals surface area contributed by atoms with Gasteiger partial charge >= 0.3 is 0 Å². The second-order valence-corrected chi connectivity index (χ2v) is 5.61. The van der Waals surface area contributed by atoms with Crippen molar-refractivity contribution in [1.82, 2.24) is 14.7 Å². The number of hydrogen-bond acceptors (Lipinski definition) is 3. The number of nitrogens with zero attached hydrogens (tertiary/aromatic N) is 3. The van der Waals surface area contributed by atoms with E-state index in [2.05, 4.69) is 39.8 Å². The molecule has 5 heteroatoms. The average Bonchev–Trinajstić information content (AvgIpc) is 2.66. The monoisotopic (exact) mass is 315 g/mol. The molecule has 0 N–H and O–H groups in total. The van der Waals surface area contributed by atoms with Gasteiger partial charge < -0.3 is 4.74 Å². The SMILES string of the molecule is CCc1nn(C)c(CN2CCOC(CC)C2)c1Br. The van der Waals surface area contributed by atoms with Crippen LogP contribution in [0.4, 0.5) is 0 Å². The van der Waals surface area contributed by atoms with E-state index in [0.717, 1.165) is 44.8 Å². The third-order valence-corrected chi connectivity index (χ3v) is 4.47. The summed E-state index contributed by atoms with van der Waals surface area (Å²) in [5, 5.41) is 4.55. The minimum atomic E-state index is 0.386. The Labute approximate surface area is 117 Å². The Hall–Kier alpha value is -0.390. The molecule has 0 spiro atoms. The van der Waals surface area contributed by atoms with Crippen LogP contribution < -0.4 is 0 Å². The van der Waals surface area contributed by atoms with Crippen molar-refractivity contribution in [2.24, 2.45) is 7.05 Å². The maximum atomic E-state index is 5.71. The lowest BCUT2D eigenvalue weighted by molar-refractivity contribution is -0.0331. The molecule has 18 heavy (non-hydrogen) atoms. The van der Waals surface area contributed by atoms with Gasteiger partial charge in [-0.25, -0.2) is 0 Å². The molecule has 0 aromatic carbocycles. The molecule has 4 nitrogen and oxygen atoms in total. The maximum absolute atomic E-state index is 5.71. The normalized spacial score (nSPS) is 21.4. The predicted molar refractivity (Wildman–Crippen MR) is 75.6 cm³/mol. The fourth-order valence-electron chi connectivity index (χ4n) is 2.37. The van der Waals surface area contributed by atoms with Gasteiger partial charge in [0.2, 0.25) is 0 Å². The van der Waals surface area contributed by atoms with E-state index in [1.54, 1.807) is 0 Å². The van der Waals surface area contributed by atoms with Crippen molar-refractivity contribution in [3.05, 3.63) is 15.9 Å². The van der Waals surface area contributed by atoms with E-state index in [1.165, 1.54) is 10.2 Å². The molecule has 1 aromatic heterocycles. The van der Waals surface area contributed by atoms with Gasteiger partial charge in [-0.15, -0.1) is 0 Å². The molecule has 0 saturated carbocycles. The predicted octanol–water partition coefficient (Wildman–Crippen LogP) is 2.36. The highest BCUT2D eigenvalue weighted by Crippen LogP contribution is 2.23. The summed E-state index contributed by atoms with van der Waals surface area (Å²) < 4.78 is 8.88. The Morgan fingerprint density at radius 2 is 2.22 bits per heavy atom. The molecule has 1 aliphatic rings. The summed E-state index contributed by atoms with van der Waals surface area (Å²) in [6.07, 6.45) is 2.44. The van der Waals surface area contributed by atoms with Crippen LogP contribution in [0.1, 0.15) is 31.7 Å². The minimum Gasteiger partial charge on any atom is -0.376 e. The van der Waals surface area contributed by atoms with Crippen molar-refractivity contribution in [2.45, 2.75) is 39.3 Å². The van der Waals surface area contributed by atoms with Crippen molar-refractivity contribution in [3.8, 4) is 0 Å². The Bertz CT molecular complexity index is 405. The van der Waals surface area contributed by atoms with Crippen molar-refractivity contribution < 1.29 is 4.74 Å². The fourth-order valence-corrected chi connectivity index (χ4v) is 3.12. The fraction of sp³-hybridized carbons (Fsp3) is 0.769. The minimum absolute atomic E-state index is 0.386. The number of hydrogen-bond donors (Lipinski definition) is 0. The maximum Gasteiger partial charge on any atom is 0.0767 e. The quantitative estimate of drug-likeness (QED) is 0.854. The Kier molecular flexibility index (Phi) is 4.81. The Morgan fingerprint density at radius 3 is 2.83 bits per heavy atom. The highest BCUT2D eigenvalue weighted by atomic mass is 79.9. The zero-order valence-corrected chi connectivity index (χ0v) is 13.0. The molecule has 0 aliphatic carbocycles. The van der Waals surface area contributed by atoms with E-state index in [0.29, 0.717) is 6.10 Å². The molecule has 0 bridgehead atoms. The molecular formula is C13H22BrN3O. The Morgan fingerprint density at radius 1 is 1.44 bits per heavy atom. The standard InChI is InChI=1S/C13H22BrN3O/c1-4-10-8-17(6-7-18-10)9-12-13(14)11(5-2)15-16(12)3/h10H,4-9H2,1-3H3. The molecule has 0 radical (unpaired) electrons. The molecule has 1 aliphatic heterocycles. The molecule has 1 unspecified atom stereocenters. The van der Waals surface area contributed by atoms with Crippen molar-refractivity contribution in [3.63, 3.8) is 0 Å². The molecule has 2 heterocycles. The van der Waals surface area contributed by atoms with Crippen LogP contribution in [0.15, 0.2) is 4.47 Å². The van der Waals surface area contributed by atoms with Gasteiger partial charge in [0.1, 0.15) is 0 Å². The van der Waals surface area contributed by atoms with Crippen LogP contribution in [-0.4, -0.2) is 40.5 Å². The van der Waals surface area contributed by atoms with Crippen LogP contribution in [0.3, 0.4) is 0 Å². The first-order chi connectivity index (χ1) is 8.65. The largest absolute Gasteiger partial charge is 0.376 e. The molecule has 1 saturated heterocycles. The number of ether oxygens (including phenoxy) is 1. The van der Waals surface area contributed by atoms with Crippen LogP contribution in [0.5, 0.6) is 0 Å². The van der Waals surface area contributed by atoms with Crippen molar-refractivity contribution in [1.29, 1.82) is 0 Å². The van der Waals surface area contributed by atoms with Gasteiger partial charge in [0, 0.05) is 26.7 Å². The first-order valence-corrected chi connectivity index (χ1v) is 7.49. The summed E-state index contributed by atoms with van der Waals surface area (Å²) in [4.78, 5) is 2.46. The molecule has 1 aromatic rings. The first kappa shape index (κ1) is 14.0. The molecule has 0 amide bonds. The van der Waals surface area contributed by atoms with Crippen LogP contribution in [-0.2, 0) is 24.8 Å². The number of morpholine rings is 1. The average molecular weight is 316 g/mol. The van der Waals surface area contributed by atoms with Crippen molar-refractivity contribution >= 4 is 15.9 Å². The number of aromatic nitrogens is 2. The summed E-state index contributed by atoms with van der Waals surface area (Å²) in [6.45, 7) is 8.14. The number of halogens is 1.